The van der Waals surface area contributed by atoms with E-state index in [1.165, 1.54) is 38.5 Å². The highest BCUT2D eigenvalue weighted by Crippen LogP contribution is 2.32. The Morgan fingerprint density at radius 1 is 0.714 bits per heavy atom. The van der Waals surface area contributed by atoms with Gasteiger partial charge in [-0.05, 0) is 24.3 Å². The highest BCUT2D eigenvalue weighted by atomic mass is 32.2. The molecule has 4 rings (SSSR count). The minimum absolute atomic E-state index is 0.0967. The van der Waals surface area contributed by atoms with Crippen molar-refractivity contribution in [3.63, 3.8) is 0 Å². The number of sulfone groups is 1. The van der Waals surface area contributed by atoms with Crippen molar-refractivity contribution in [1.29, 1.82) is 0 Å². The van der Waals surface area contributed by atoms with Gasteiger partial charge < -0.3 is 14.8 Å². The fourth-order valence-corrected chi connectivity index (χ4v) is 5.98. The number of hydrogen-bond acceptors (Lipinski definition) is 9. The van der Waals surface area contributed by atoms with Crippen molar-refractivity contribution in [2.24, 2.45) is 0 Å². The maximum absolute atomic E-state index is 13.3. The van der Waals surface area contributed by atoms with Crippen LogP contribution in [0.4, 0.5) is 17.3 Å². The van der Waals surface area contributed by atoms with E-state index < -0.39 is 24.8 Å². The third-order valence-corrected chi connectivity index (χ3v) is 7.64. The molecule has 0 atom stereocenters. The number of rotatable bonds is 8. The molecule has 4 aromatic rings. The Morgan fingerprint density at radius 2 is 1.23 bits per heavy atom. The average molecular weight is 515 g/mol. The Bertz CT molecular complexity index is 1600. The van der Waals surface area contributed by atoms with Gasteiger partial charge in [0.15, 0.2) is 21.5 Å². The molecule has 0 aliphatic rings. The van der Waals surface area contributed by atoms with E-state index in [4.69, 9.17) is 9.47 Å². The lowest BCUT2D eigenvalue weighted by atomic mass is 10.2. The number of benzene rings is 3. The van der Waals surface area contributed by atoms with Crippen LogP contribution in [0, 0.1) is 0 Å². The van der Waals surface area contributed by atoms with Gasteiger partial charge in [-0.1, -0.05) is 24.3 Å². The molecule has 35 heavy (non-hydrogen) atoms. The number of sulfonamides is 1. The van der Waals surface area contributed by atoms with Crippen molar-refractivity contribution >= 4 is 48.2 Å². The molecule has 0 unspecified atom stereocenters. The van der Waals surface area contributed by atoms with Crippen LogP contribution in [0.5, 0.6) is 11.5 Å². The van der Waals surface area contributed by atoms with E-state index in [-0.39, 0.29) is 16.5 Å². The molecule has 0 spiro atoms. The molecule has 0 saturated heterocycles. The van der Waals surface area contributed by atoms with E-state index in [2.05, 4.69) is 20.0 Å². The average Bonchev–Trinajstić information content (AvgIpc) is 2.83. The molecule has 0 radical (unpaired) electrons. The van der Waals surface area contributed by atoms with Crippen LogP contribution < -0.4 is 19.5 Å². The summed E-state index contributed by atoms with van der Waals surface area (Å²) in [5.41, 5.74) is 1.46. The summed E-state index contributed by atoms with van der Waals surface area (Å²) in [5, 5.41) is 3.05. The van der Waals surface area contributed by atoms with Gasteiger partial charge in [-0.15, -0.1) is 0 Å². The molecular weight excluding hydrogens is 492 g/mol. The van der Waals surface area contributed by atoms with Gasteiger partial charge in [-0.2, -0.15) is 0 Å². The van der Waals surface area contributed by atoms with Gasteiger partial charge in [-0.25, -0.2) is 26.8 Å². The molecular formula is C23H22N4O6S2. The lowest BCUT2D eigenvalue weighted by molar-refractivity contribution is 0.395. The van der Waals surface area contributed by atoms with Crippen LogP contribution in [0.2, 0.25) is 0 Å². The number of nitrogens with one attached hydrogen (secondary N) is 2. The van der Waals surface area contributed by atoms with Crippen molar-refractivity contribution in [3.05, 3.63) is 66.7 Å². The largest absolute Gasteiger partial charge is 0.497 e. The van der Waals surface area contributed by atoms with E-state index in [9.17, 15) is 16.8 Å². The normalized spacial score (nSPS) is 11.7. The zero-order valence-electron chi connectivity index (χ0n) is 19.0. The van der Waals surface area contributed by atoms with E-state index in [0.29, 0.717) is 28.2 Å². The molecule has 1 heterocycles. The summed E-state index contributed by atoms with van der Waals surface area (Å²) in [4.78, 5) is 8.24. The molecule has 3 aromatic carbocycles. The van der Waals surface area contributed by atoms with Crippen molar-refractivity contribution in [2.45, 2.75) is 9.79 Å². The zero-order valence-corrected chi connectivity index (χ0v) is 20.6. The van der Waals surface area contributed by atoms with Crippen LogP contribution in [-0.2, 0) is 19.9 Å². The molecule has 0 amide bonds. The quantitative estimate of drug-likeness (QED) is 0.361. The summed E-state index contributed by atoms with van der Waals surface area (Å²) < 4.78 is 64.0. The first kappa shape index (κ1) is 24.2. The third kappa shape index (κ3) is 5.28. The summed E-state index contributed by atoms with van der Waals surface area (Å²) in [6.07, 6.45) is 0.945. The predicted molar refractivity (Wildman–Crippen MR) is 133 cm³/mol. The first-order valence-electron chi connectivity index (χ1n) is 10.2. The Hall–Kier alpha value is -3.90. The lowest BCUT2D eigenvalue weighted by Gasteiger charge is -2.16. The SMILES string of the molecule is COc1cc(Nc2nc3ccccc3nc2NS(=O)(=O)c2ccccc2S(C)(=O)=O)cc(OC)c1. The van der Waals surface area contributed by atoms with E-state index in [1.807, 2.05) is 0 Å². The maximum Gasteiger partial charge on any atom is 0.264 e. The summed E-state index contributed by atoms with van der Waals surface area (Å²) in [6, 6.07) is 17.3. The number of nitrogens with zero attached hydrogens (tertiary/aromatic N) is 2. The molecule has 10 nitrogen and oxygen atoms in total. The van der Waals surface area contributed by atoms with Crippen molar-refractivity contribution in [2.75, 3.05) is 30.5 Å². The minimum atomic E-state index is -4.36. The minimum Gasteiger partial charge on any atom is -0.497 e. The standard InChI is InChI=1S/C23H22N4O6S2/c1-32-16-12-15(13-17(14-16)33-2)24-22-23(26-19-9-5-4-8-18(19)25-22)27-35(30,31)21-11-7-6-10-20(21)34(3,28)29/h4-14H,1-3H3,(H,24,25)(H,26,27). The van der Waals surface area contributed by atoms with Gasteiger partial charge in [0.1, 0.15) is 16.4 Å². The molecule has 0 bridgehead atoms. The number of hydrogen-bond donors (Lipinski definition) is 2. The number of ether oxygens (including phenoxy) is 2. The van der Waals surface area contributed by atoms with Crippen molar-refractivity contribution < 1.29 is 26.3 Å². The van der Waals surface area contributed by atoms with E-state index in [0.717, 1.165) is 6.26 Å². The summed E-state index contributed by atoms with van der Waals surface area (Å²) in [7, 11) is -5.16. The van der Waals surface area contributed by atoms with Gasteiger partial charge in [0.25, 0.3) is 10.0 Å². The van der Waals surface area contributed by atoms with Crippen LogP contribution in [0.15, 0.2) is 76.5 Å². The number of para-hydroxylation sites is 2. The fraction of sp³-hybridized carbons (Fsp3) is 0.130. The second-order valence-electron chi connectivity index (χ2n) is 7.46. The number of anilines is 3. The van der Waals surface area contributed by atoms with Gasteiger partial charge in [0.05, 0.1) is 30.1 Å². The molecule has 2 N–H and O–H groups in total. The predicted octanol–water partition coefficient (Wildman–Crippen LogP) is 3.59. The van der Waals surface area contributed by atoms with Crippen LogP contribution in [0.1, 0.15) is 0 Å². The first-order chi connectivity index (χ1) is 16.6. The van der Waals surface area contributed by atoms with E-state index >= 15 is 0 Å². The van der Waals surface area contributed by atoms with Crippen LogP contribution in [0.3, 0.4) is 0 Å². The van der Waals surface area contributed by atoms with Crippen LogP contribution in [-0.4, -0.2) is 47.3 Å². The number of methoxy groups -OCH3 is 2. The smallest absolute Gasteiger partial charge is 0.264 e. The van der Waals surface area contributed by atoms with Crippen molar-refractivity contribution in [1.82, 2.24) is 9.97 Å². The molecule has 0 saturated carbocycles. The Morgan fingerprint density at radius 3 is 1.77 bits per heavy atom. The summed E-state index contributed by atoms with van der Waals surface area (Å²) in [6.45, 7) is 0. The van der Waals surface area contributed by atoms with Gasteiger partial charge in [-0.3, -0.25) is 4.72 Å². The second-order valence-corrected chi connectivity index (χ2v) is 11.1. The molecule has 182 valence electrons. The van der Waals surface area contributed by atoms with Crippen LogP contribution >= 0.6 is 0 Å². The number of aromatic nitrogens is 2. The Labute approximate surface area is 202 Å². The molecule has 1 aromatic heterocycles. The highest BCUT2D eigenvalue weighted by molar-refractivity contribution is 7.95. The Kier molecular flexibility index (Phi) is 6.50. The Balaban J connectivity index is 1.83. The topological polar surface area (TPSA) is 137 Å². The van der Waals surface area contributed by atoms with E-state index in [1.54, 1.807) is 42.5 Å². The fourth-order valence-electron chi connectivity index (χ4n) is 3.34. The van der Waals surface area contributed by atoms with Gasteiger partial charge in [0, 0.05) is 30.1 Å². The molecule has 0 aliphatic heterocycles. The van der Waals surface area contributed by atoms with Gasteiger partial charge >= 0.3 is 0 Å². The maximum atomic E-state index is 13.3. The second kappa shape index (κ2) is 9.39. The van der Waals surface area contributed by atoms with Gasteiger partial charge in [0.2, 0.25) is 0 Å². The summed E-state index contributed by atoms with van der Waals surface area (Å²) >= 11 is 0. The molecule has 0 fully saturated rings. The van der Waals surface area contributed by atoms with Crippen molar-refractivity contribution in [3.8, 4) is 11.5 Å². The third-order valence-electron chi connectivity index (χ3n) is 4.95. The summed E-state index contributed by atoms with van der Waals surface area (Å²) in [5.74, 6) is 0.989. The first-order valence-corrected chi connectivity index (χ1v) is 13.6. The number of fused-ring (bicyclic) bond motifs is 1. The zero-order chi connectivity index (χ0) is 25.2. The molecule has 0 aliphatic carbocycles. The lowest BCUT2D eigenvalue weighted by Crippen LogP contribution is -2.18. The van der Waals surface area contributed by atoms with Crippen LogP contribution in [0.25, 0.3) is 11.0 Å². The molecule has 12 heteroatoms. The monoisotopic (exact) mass is 514 g/mol. The highest BCUT2D eigenvalue weighted by Gasteiger charge is 2.25.